The molecule has 0 heterocycles. The van der Waals surface area contributed by atoms with Gasteiger partial charge in [-0.3, -0.25) is 0 Å². The van der Waals surface area contributed by atoms with Crippen LogP contribution in [0.15, 0.2) is 0 Å². The zero-order valence-corrected chi connectivity index (χ0v) is 8.23. The molecule has 0 fully saturated rings. The second kappa shape index (κ2) is 211. The summed E-state index contributed by atoms with van der Waals surface area (Å²) in [6.07, 6.45) is 0. The van der Waals surface area contributed by atoms with Crippen LogP contribution in [0.2, 0.25) is 0 Å². The zero-order valence-electron chi connectivity index (χ0n) is 2.80. The molecular formula is O5Re2-10. The molecule has 0 saturated carbocycles. The Bertz CT molecular complexity index is 6.04. The molecule has 5 nitrogen and oxygen atoms in total. The summed E-state index contributed by atoms with van der Waals surface area (Å²) in [5.41, 5.74) is 0. The van der Waals surface area contributed by atoms with Crippen LogP contribution in [0.25, 0.3) is 0 Å². The van der Waals surface area contributed by atoms with E-state index in [2.05, 4.69) is 0 Å². The molecule has 0 aromatic rings. The van der Waals surface area contributed by atoms with Crippen molar-refractivity contribution in [1.82, 2.24) is 0 Å². The average Bonchev–Trinajstić information content (AvgIpc) is 0. The first kappa shape index (κ1) is 326. The van der Waals surface area contributed by atoms with E-state index in [9.17, 15) is 0 Å². The minimum Gasteiger partial charge on any atom is -2.00 e. The van der Waals surface area contributed by atoms with Crippen molar-refractivity contribution >= 4 is 0 Å². The summed E-state index contributed by atoms with van der Waals surface area (Å²) in [5.74, 6) is 0. The third-order valence-corrected chi connectivity index (χ3v) is 0. The third-order valence-electron chi connectivity index (χ3n) is 0. The summed E-state index contributed by atoms with van der Waals surface area (Å²) in [6, 6.07) is 0. The van der Waals surface area contributed by atoms with Gasteiger partial charge in [-0.1, -0.05) is 0 Å². The fourth-order valence-electron chi connectivity index (χ4n) is 0. The Hall–Kier alpha value is 1.12. The SMILES string of the molecule is [O-2].[O-2].[O-2].[O-2].[O-2].[Re].[Re]. The van der Waals surface area contributed by atoms with Crippen molar-refractivity contribution in [1.29, 1.82) is 0 Å². The molecule has 0 saturated heterocycles. The van der Waals surface area contributed by atoms with Crippen LogP contribution in [-0.2, 0) is 68.2 Å². The zero-order chi connectivity index (χ0) is 0. The predicted octanol–water partition coefficient (Wildman–Crippen LogP) is -0.599. The summed E-state index contributed by atoms with van der Waals surface area (Å²) in [6.45, 7) is 0. The molecule has 0 aliphatic rings. The van der Waals surface area contributed by atoms with Crippen LogP contribution in [0.5, 0.6) is 0 Å². The van der Waals surface area contributed by atoms with Gasteiger partial charge >= 0.3 is 0 Å². The second-order valence-electron chi connectivity index (χ2n) is 0. The molecule has 0 rings (SSSR count). The van der Waals surface area contributed by atoms with Crippen molar-refractivity contribution < 1.29 is 68.2 Å². The van der Waals surface area contributed by atoms with Gasteiger partial charge in [0, 0.05) is 40.8 Å². The van der Waals surface area contributed by atoms with Gasteiger partial charge in [0.2, 0.25) is 0 Å². The number of hydrogen-bond acceptors (Lipinski definition) is 0. The predicted molar refractivity (Wildman–Crippen MR) is 3.43 cm³/mol. The Kier molecular flexibility index (Phi) is 9840. The minimum absolute atomic E-state index is 0. The number of hydrogen-bond donors (Lipinski definition) is 0. The standard InChI is InChI=1S/5O.2Re/q5*-2;;. The van der Waals surface area contributed by atoms with Crippen LogP contribution in [0, 0.1) is 0 Å². The molecule has 0 unspecified atom stereocenters. The van der Waals surface area contributed by atoms with Crippen LogP contribution in [0.4, 0.5) is 0 Å². The molecule has 0 N–H and O–H groups in total. The molecule has 0 bridgehead atoms. The molecule has 0 spiro atoms. The molecule has 0 atom stereocenters. The van der Waals surface area contributed by atoms with Gasteiger partial charge in [0.15, 0.2) is 0 Å². The summed E-state index contributed by atoms with van der Waals surface area (Å²) in [4.78, 5) is 0. The molecule has 7 heteroatoms. The number of rotatable bonds is 0. The van der Waals surface area contributed by atoms with Gasteiger partial charge in [0.1, 0.15) is 0 Å². The van der Waals surface area contributed by atoms with Crippen LogP contribution >= 0.6 is 0 Å². The van der Waals surface area contributed by atoms with E-state index in [4.69, 9.17) is 0 Å². The molecule has 0 aromatic heterocycles. The molecule has 0 aliphatic heterocycles. The Labute approximate surface area is 68.3 Å². The fourth-order valence-corrected chi connectivity index (χ4v) is 0. The van der Waals surface area contributed by atoms with Gasteiger partial charge in [0.05, 0.1) is 0 Å². The van der Waals surface area contributed by atoms with Crippen LogP contribution in [0.1, 0.15) is 0 Å². The largest absolute Gasteiger partial charge is 2.00 e. The molecule has 0 amide bonds. The van der Waals surface area contributed by atoms with E-state index >= 15 is 0 Å². The maximum absolute atomic E-state index is 0. The van der Waals surface area contributed by atoms with Gasteiger partial charge in [-0.05, 0) is 0 Å². The van der Waals surface area contributed by atoms with Crippen LogP contribution in [0.3, 0.4) is 0 Å². The fraction of sp³-hybridized carbons (Fsp3) is 0. The van der Waals surface area contributed by atoms with E-state index in [-0.39, 0.29) is 68.2 Å². The van der Waals surface area contributed by atoms with Crippen LogP contribution in [-0.4, -0.2) is 0 Å². The van der Waals surface area contributed by atoms with E-state index in [1.165, 1.54) is 0 Å². The summed E-state index contributed by atoms with van der Waals surface area (Å²) in [7, 11) is 0. The third kappa shape index (κ3) is 148. The van der Waals surface area contributed by atoms with Crippen molar-refractivity contribution in [3.05, 3.63) is 0 Å². The summed E-state index contributed by atoms with van der Waals surface area (Å²) in [5, 5.41) is 0. The Morgan fingerprint density at radius 1 is 0.286 bits per heavy atom. The monoisotopic (exact) mass is 454 g/mol. The van der Waals surface area contributed by atoms with E-state index in [0.29, 0.717) is 0 Å². The van der Waals surface area contributed by atoms with Crippen molar-refractivity contribution in [3.63, 3.8) is 0 Å². The van der Waals surface area contributed by atoms with Gasteiger partial charge in [-0.25, -0.2) is 0 Å². The Balaban J connectivity index is 0. The molecule has 0 aliphatic carbocycles. The van der Waals surface area contributed by atoms with Gasteiger partial charge in [0.25, 0.3) is 0 Å². The van der Waals surface area contributed by atoms with Crippen molar-refractivity contribution in [2.75, 3.05) is 0 Å². The van der Waals surface area contributed by atoms with E-state index in [1.54, 1.807) is 0 Å². The average molecular weight is 452 g/mol. The molecular weight excluding hydrogens is 452 g/mol. The van der Waals surface area contributed by atoms with Gasteiger partial charge < -0.3 is 27.4 Å². The van der Waals surface area contributed by atoms with E-state index in [1.807, 2.05) is 0 Å². The van der Waals surface area contributed by atoms with Crippen LogP contribution < -0.4 is 0 Å². The first-order valence-electron chi connectivity index (χ1n) is 0. The summed E-state index contributed by atoms with van der Waals surface area (Å²) >= 11 is 0. The van der Waals surface area contributed by atoms with E-state index in [0.717, 1.165) is 0 Å². The smallest absolute Gasteiger partial charge is 0 e. The van der Waals surface area contributed by atoms with Crippen molar-refractivity contribution in [2.45, 2.75) is 0 Å². The van der Waals surface area contributed by atoms with Gasteiger partial charge in [-0.15, -0.1) is 0 Å². The quantitative estimate of drug-likeness (QED) is 0.463. The minimum atomic E-state index is 0. The first-order chi connectivity index (χ1) is 0. The topological polar surface area (TPSA) is 142 Å². The Morgan fingerprint density at radius 2 is 0.286 bits per heavy atom. The van der Waals surface area contributed by atoms with Gasteiger partial charge in [-0.2, -0.15) is 0 Å². The maximum atomic E-state index is 0. The van der Waals surface area contributed by atoms with E-state index < -0.39 is 0 Å². The first-order valence-corrected chi connectivity index (χ1v) is 0. The second-order valence-corrected chi connectivity index (χ2v) is 0. The summed E-state index contributed by atoms with van der Waals surface area (Å²) < 4.78 is 0. The molecule has 2 radical (unpaired) electrons. The Morgan fingerprint density at radius 3 is 0.286 bits per heavy atom. The molecule has 7 heavy (non-hydrogen) atoms. The maximum Gasteiger partial charge on any atom is 0 e. The molecule has 54 valence electrons. The van der Waals surface area contributed by atoms with Crippen molar-refractivity contribution in [3.8, 4) is 0 Å². The molecule has 0 aromatic carbocycles. The normalized spacial score (nSPS) is 0. The van der Waals surface area contributed by atoms with Crippen molar-refractivity contribution in [2.24, 2.45) is 0 Å².